The molecule has 1 amide bonds. The molecule has 1 aromatic rings. The van der Waals surface area contributed by atoms with Gasteiger partial charge in [-0.15, -0.1) is 0 Å². The Balaban J connectivity index is 1.68. The van der Waals surface area contributed by atoms with Gasteiger partial charge in [0.05, 0.1) is 24.9 Å². The Hall–Kier alpha value is -1.90. The number of halogens is 1. The predicted octanol–water partition coefficient (Wildman–Crippen LogP) is 13.4. The molecule has 0 unspecified atom stereocenters. The number of nitrogens with one attached hydrogen (secondary N) is 2. The molecule has 8 atom stereocenters. The quantitative estimate of drug-likeness (QED) is 0.0312. The second kappa shape index (κ2) is 43.7. The monoisotopic (exact) mass is 981 g/mol. The number of carbonyl (C=O) groups is 1. The molecule has 1 saturated heterocycles. The summed E-state index contributed by atoms with van der Waals surface area (Å²) in [6, 6.07) is 4.57. The summed E-state index contributed by atoms with van der Waals surface area (Å²) in [4.78, 5) is 12.4. The number of benzene rings is 1. The van der Waals surface area contributed by atoms with Crippen LogP contribution in [0.15, 0.2) is 24.3 Å². The summed E-state index contributed by atoms with van der Waals surface area (Å²) in [5.41, 5.74) is 0.172. The van der Waals surface area contributed by atoms with Crippen LogP contribution in [0, 0.1) is 5.82 Å². The number of hydrogen-bond donors (Lipinski definition) is 7. The Morgan fingerprint density at radius 3 is 1.45 bits per heavy atom. The number of carbonyl (C=O) groups excluding carboxylic acids is 1. The molecule has 0 saturated carbocycles. The molecule has 1 heterocycles. The number of rotatable bonds is 47. The largest absolute Gasteiger partial charge is 0.446 e. The SMILES string of the molecule is CCCCCCCCCCCCCCCCCCCCCCCCCCN[C@@H](CO[C@@H]1O[C@H](COC(=O)Nc2cccc(F)c2)[C@H](O)[C@H](O)[C@H]1O)[C@H](O)[C@H](O)CCCCCCCCCCCCCC. The van der Waals surface area contributed by atoms with Crippen LogP contribution in [-0.4, -0.2) is 100 Å². The molecule has 11 nitrogen and oxygen atoms in total. The molecule has 1 aliphatic heterocycles. The fourth-order valence-electron chi connectivity index (χ4n) is 9.55. The third-order valence-corrected chi connectivity index (χ3v) is 14.2. The van der Waals surface area contributed by atoms with Crippen LogP contribution in [0.5, 0.6) is 0 Å². The highest BCUT2D eigenvalue weighted by atomic mass is 19.1. The molecule has 1 aromatic carbocycles. The molecule has 7 N–H and O–H groups in total. The number of aliphatic hydroxyl groups is 5. The van der Waals surface area contributed by atoms with Crippen molar-refractivity contribution in [1.82, 2.24) is 5.32 Å². The number of aliphatic hydroxyl groups excluding tert-OH is 5. The third kappa shape index (κ3) is 32.7. The van der Waals surface area contributed by atoms with Crippen molar-refractivity contribution in [1.29, 1.82) is 0 Å². The molecular formula is C57H105FN2O9. The van der Waals surface area contributed by atoms with Gasteiger partial charge in [0.1, 0.15) is 36.8 Å². The van der Waals surface area contributed by atoms with E-state index in [0.717, 1.165) is 44.6 Å². The van der Waals surface area contributed by atoms with Crippen LogP contribution in [0.3, 0.4) is 0 Å². The van der Waals surface area contributed by atoms with E-state index in [1.807, 2.05) is 0 Å². The normalized spacial score (nSPS) is 19.7. The first kappa shape index (κ1) is 63.2. The Kier molecular flexibility index (Phi) is 40.0. The highest BCUT2D eigenvalue weighted by Crippen LogP contribution is 2.24. The number of amides is 1. The van der Waals surface area contributed by atoms with Crippen molar-refractivity contribution in [2.45, 2.75) is 300 Å². The molecule has 2 rings (SSSR count). The maximum absolute atomic E-state index is 13.6. The minimum atomic E-state index is -1.67. The fourth-order valence-corrected chi connectivity index (χ4v) is 9.55. The first-order chi connectivity index (χ1) is 33.7. The summed E-state index contributed by atoms with van der Waals surface area (Å²) in [5.74, 6) is -0.540. The minimum absolute atomic E-state index is 0.158. The van der Waals surface area contributed by atoms with Gasteiger partial charge >= 0.3 is 6.09 Å². The zero-order valence-corrected chi connectivity index (χ0v) is 44.0. The van der Waals surface area contributed by atoms with Gasteiger partial charge in [0.15, 0.2) is 6.29 Å². The van der Waals surface area contributed by atoms with Gasteiger partial charge in [0, 0.05) is 5.69 Å². The van der Waals surface area contributed by atoms with Crippen molar-refractivity contribution in [3.63, 3.8) is 0 Å². The summed E-state index contributed by atoms with van der Waals surface area (Å²) >= 11 is 0. The minimum Gasteiger partial charge on any atom is -0.446 e. The second-order valence-electron chi connectivity index (χ2n) is 20.5. The Morgan fingerprint density at radius 1 is 0.594 bits per heavy atom. The first-order valence-corrected chi connectivity index (χ1v) is 28.8. The molecule has 1 fully saturated rings. The van der Waals surface area contributed by atoms with Crippen LogP contribution in [-0.2, 0) is 14.2 Å². The van der Waals surface area contributed by atoms with Crippen molar-refractivity contribution in [3.8, 4) is 0 Å². The lowest BCUT2D eigenvalue weighted by Gasteiger charge is -2.40. The van der Waals surface area contributed by atoms with Gasteiger partial charge in [-0.05, 0) is 37.6 Å². The van der Waals surface area contributed by atoms with Crippen LogP contribution >= 0.6 is 0 Å². The Morgan fingerprint density at radius 2 is 1.01 bits per heavy atom. The fraction of sp³-hybridized carbons (Fsp3) is 0.877. The van der Waals surface area contributed by atoms with Gasteiger partial charge in [-0.25, -0.2) is 9.18 Å². The molecule has 404 valence electrons. The highest BCUT2D eigenvalue weighted by Gasteiger charge is 2.45. The standard InChI is InChI=1S/C57H105FN2O9/c1-3-5-7-9-11-13-15-17-18-19-20-21-22-23-24-25-26-27-28-30-32-34-36-38-43-59-49(52(62)50(61)42-37-35-33-31-29-16-14-12-10-8-6-4-2)45-67-56-55(65)54(64)53(63)51(69-56)46-68-57(66)60-48-41-39-40-47(58)44-48/h39-41,44,49-56,59,61-65H,3-38,42-43,45-46H2,1-2H3,(H,60,66)/t49-,50+,51+,52-,53-,54-,55+,56+/m0/s1. The van der Waals surface area contributed by atoms with Crippen LogP contribution in [0.2, 0.25) is 0 Å². The van der Waals surface area contributed by atoms with E-state index < -0.39 is 67.5 Å². The van der Waals surface area contributed by atoms with Gasteiger partial charge in [0.25, 0.3) is 0 Å². The molecule has 0 radical (unpaired) electrons. The molecule has 12 heteroatoms. The zero-order chi connectivity index (χ0) is 50.0. The molecule has 69 heavy (non-hydrogen) atoms. The van der Waals surface area contributed by atoms with E-state index >= 15 is 0 Å². The first-order valence-electron chi connectivity index (χ1n) is 28.8. The van der Waals surface area contributed by atoms with Gasteiger partial charge in [-0.1, -0.05) is 245 Å². The van der Waals surface area contributed by atoms with Gasteiger partial charge in [-0.2, -0.15) is 0 Å². The van der Waals surface area contributed by atoms with Crippen molar-refractivity contribution in [2.24, 2.45) is 0 Å². The van der Waals surface area contributed by atoms with E-state index in [1.165, 1.54) is 211 Å². The summed E-state index contributed by atoms with van der Waals surface area (Å²) in [7, 11) is 0. The summed E-state index contributed by atoms with van der Waals surface area (Å²) in [6.45, 7) is 4.48. The van der Waals surface area contributed by atoms with E-state index in [4.69, 9.17) is 14.2 Å². The lowest BCUT2D eigenvalue weighted by atomic mass is 9.98. The molecule has 0 aliphatic carbocycles. The van der Waals surface area contributed by atoms with E-state index in [2.05, 4.69) is 24.5 Å². The van der Waals surface area contributed by atoms with E-state index in [0.29, 0.717) is 13.0 Å². The number of ether oxygens (including phenoxy) is 3. The summed E-state index contributed by atoms with van der Waals surface area (Å²) in [6.07, 6.45) is 36.2. The molecule has 0 spiro atoms. The molecular weight excluding hydrogens is 876 g/mol. The smallest absolute Gasteiger partial charge is 0.411 e. The topological polar surface area (TPSA) is 170 Å². The summed E-state index contributed by atoms with van der Waals surface area (Å²) < 4.78 is 30.5. The Bertz CT molecular complexity index is 1310. The van der Waals surface area contributed by atoms with Crippen LogP contribution in [0.25, 0.3) is 0 Å². The van der Waals surface area contributed by atoms with E-state index in [-0.39, 0.29) is 12.3 Å². The van der Waals surface area contributed by atoms with Gasteiger partial charge < -0.3 is 45.1 Å². The maximum atomic E-state index is 13.6. The van der Waals surface area contributed by atoms with E-state index in [9.17, 15) is 34.7 Å². The van der Waals surface area contributed by atoms with Gasteiger partial charge in [0.2, 0.25) is 0 Å². The van der Waals surface area contributed by atoms with Crippen molar-refractivity contribution >= 4 is 11.8 Å². The van der Waals surface area contributed by atoms with Crippen LogP contribution < -0.4 is 10.6 Å². The second-order valence-corrected chi connectivity index (χ2v) is 20.5. The maximum Gasteiger partial charge on any atom is 0.411 e. The Labute approximate surface area is 420 Å². The molecule has 0 bridgehead atoms. The number of hydrogen-bond acceptors (Lipinski definition) is 10. The van der Waals surface area contributed by atoms with Gasteiger partial charge in [-0.3, -0.25) is 5.32 Å². The van der Waals surface area contributed by atoms with E-state index in [1.54, 1.807) is 0 Å². The number of unbranched alkanes of at least 4 members (excludes halogenated alkanes) is 34. The lowest BCUT2D eigenvalue weighted by molar-refractivity contribution is -0.302. The average molecular weight is 981 g/mol. The number of anilines is 1. The molecule has 0 aromatic heterocycles. The third-order valence-electron chi connectivity index (χ3n) is 14.2. The van der Waals surface area contributed by atoms with Crippen molar-refractivity contribution in [3.05, 3.63) is 30.1 Å². The highest BCUT2D eigenvalue weighted by molar-refractivity contribution is 5.84. The summed E-state index contributed by atoms with van der Waals surface area (Å²) in [5, 5.41) is 60.4. The molecule has 1 aliphatic rings. The van der Waals surface area contributed by atoms with Crippen LogP contribution in [0.4, 0.5) is 14.9 Å². The zero-order valence-electron chi connectivity index (χ0n) is 44.0. The van der Waals surface area contributed by atoms with Crippen molar-refractivity contribution in [2.75, 3.05) is 25.1 Å². The lowest BCUT2D eigenvalue weighted by Crippen LogP contribution is -2.60. The predicted molar refractivity (Wildman–Crippen MR) is 280 cm³/mol. The average Bonchev–Trinajstić information content (AvgIpc) is 3.34. The van der Waals surface area contributed by atoms with Crippen molar-refractivity contribution < 1.29 is 48.9 Å². The van der Waals surface area contributed by atoms with Crippen LogP contribution in [0.1, 0.15) is 251 Å².